The minimum absolute atomic E-state index is 0.00491. The van der Waals surface area contributed by atoms with Crippen LogP contribution in [0.2, 0.25) is 0 Å². The minimum Gasteiger partial charge on any atom is -0.504 e. The lowest BCUT2D eigenvalue weighted by molar-refractivity contribution is -0.193. The zero-order chi connectivity index (χ0) is 33.5. The summed E-state index contributed by atoms with van der Waals surface area (Å²) < 4.78 is 10.8. The number of fused-ring (bicyclic) bond motifs is 2. The number of ether oxygens (including phenoxy) is 1. The lowest BCUT2D eigenvalue weighted by Crippen LogP contribution is -2.81. The summed E-state index contributed by atoms with van der Waals surface area (Å²) in [5.41, 5.74) is -3.88. The zero-order valence-electron chi connectivity index (χ0n) is 23.9. The van der Waals surface area contributed by atoms with Gasteiger partial charge in [0.2, 0.25) is 11.3 Å². The van der Waals surface area contributed by atoms with E-state index in [9.17, 15) is 49.2 Å². The molecule has 0 radical (unpaired) electrons. The van der Waals surface area contributed by atoms with Crippen molar-refractivity contribution < 1.29 is 53.6 Å². The molecule has 6 N–H and O–H groups in total. The number of hydrogen-bond acceptors (Lipinski definition) is 12. The third kappa shape index (κ3) is 5.31. The van der Waals surface area contributed by atoms with Gasteiger partial charge in [0, 0.05) is 18.9 Å². The van der Waals surface area contributed by atoms with Crippen LogP contribution in [0.1, 0.15) is 22.0 Å². The molecule has 0 spiro atoms. The van der Waals surface area contributed by atoms with Crippen molar-refractivity contribution in [3.05, 3.63) is 81.3 Å². The van der Waals surface area contributed by atoms with Crippen LogP contribution >= 0.6 is 23.5 Å². The maximum atomic E-state index is 13.8. The van der Waals surface area contributed by atoms with Crippen LogP contribution in [-0.2, 0) is 23.9 Å². The first-order valence-corrected chi connectivity index (χ1v) is 15.6. The molecule has 2 aromatic carbocycles. The van der Waals surface area contributed by atoms with E-state index in [-0.39, 0.29) is 27.9 Å². The Morgan fingerprint density at radius 3 is 2.39 bits per heavy atom. The highest BCUT2D eigenvalue weighted by atomic mass is 32.2. The van der Waals surface area contributed by atoms with Crippen LogP contribution in [-0.4, -0.2) is 90.5 Å². The Hall–Kier alpha value is -5.00. The van der Waals surface area contributed by atoms with E-state index in [0.29, 0.717) is 0 Å². The Labute approximate surface area is 267 Å². The number of nitrogens with zero attached hydrogens (tertiary/aromatic N) is 1. The van der Waals surface area contributed by atoms with Crippen molar-refractivity contribution in [3.8, 4) is 11.5 Å². The number of carbonyl (C=O) groups is 5. The van der Waals surface area contributed by atoms with Crippen molar-refractivity contribution in [1.29, 1.82) is 0 Å². The number of nitrogens with one attached hydrogen (secondary N) is 2. The molecule has 2 aliphatic heterocycles. The van der Waals surface area contributed by atoms with Gasteiger partial charge in [0.05, 0.1) is 5.39 Å². The monoisotopic (exact) mass is 671 g/mol. The van der Waals surface area contributed by atoms with Gasteiger partial charge in [-0.3, -0.25) is 28.9 Å². The summed E-state index contributed by atoms with van der Waals surface area (Å²) in [5.74, 6) is -7.06. The summed E-state index contributed by atoms with van der Waals surface area (Å²) in [7, 11) is 1.13. The molecule has 0 aliphatic carbocycles. The van der Waals surface area contributed by atoms with Crippen molar-refractivity contribution in [2.75, 3.05) is 19.1 Å². The maximum absolute atomic E-state index is 13.8. The Morgan fingerprint density at radius 1 is 1.11 bits per heavy atom. The van der Waals surface area contributed by atoms with Gasteiger partial charge < -0.3 is 40.2 Å². The van der Waals surface area contributed by atoms with Crippen molar-refractivity contribution >= 4 is 64.2 Å². The molecule has 1 fully saturated rings. The molecule has 0 bridgehead atoms. The van der Waals surface area contributed by atoms with Gasteiger partial charge >= 0.3 is 11.9 Å². The lowest BCUT2D eigenvalue weighted by Gasteiger charge is -2.56. The molecule has 4 atom stereocenters. The van der Waals surface area contributed by atoms with E-state index in [1.165, 1.54) is 18.4 Å². The molecule has 0 saturated carbocycles. The third-order valence-corrected chi connectivity index (χ3v) is 9.75. The Kier molecular flexibility index (Phi) is 8.74. The number of phenols is 2. The highest BCUT2D eigenvalue weighted by Gasteiger charge is 2.67. The zero-order valence-corrected chi connectivity index (χ0v) is 25.5. The predicted molar refractivity (Wildman–Crippen MR) is 163 cm³/mol. The SMILES string of the molecule is CO[C@@]1(NC(=O)C(NC(=O)c2coc3cc(O)c(O)cc3c2=O)c2ccccc2)C(=O)N2C(C(=O)O)=C(C(SC)C(=O)O)CS[C@H]21. The van der Waals surface area contributed by atoms with Crippen molar-refractivity contribution in [2.24, 2.45) is 0 Å². The van der Waals surface area contributed by atoms with E-state index >= 15 is 0 Å². The summed E-state index contributed by atoms with van der Waals surface area (Å²) >= 11 is 1.89. The number of thioether (sulfide) groups is 2. The van der Waals surface area contributed by atoms with Gasteiger partial charge in [0.25, 0.3) is 17.5 Å². The summed E-state index contributed by atoms with van der Waals surface area (Å²) in [6.07, 6.45) is 2.32. The fraction of sp³-hybridized carbons (Fsp3) is 0.241. The molecule has 46 heavy (non-hydrogen) atoms. The maximum Gasteiger partial charge on any atom is 0.352 e. The molecule has 15 nitrogen and oxygen atoms in total. The van der Waals surface area contributed by atoms with E-state index < -0.39 is 80.2 Å². The van der Waals surface area contributed by atoms with Gasteiger partial charge in [-0.05, 0) is 23.5 Å². The molecule has 3 aromatic rings. The lowest BCUT2D eigenvalue weighted by atomic mass is 9.96. The van der Waals surface area contributed by atoms with Crippen LogP contribution < -0.4 is 16.1 Å². The van der Waals surface area contributed by atoms with E-state index in [1.807, 2.05) is 0 Å². The Bertz CT molecular complexity index is 1880. The topological polar surface area (TPSA) is 233 Å². The average Bonchev–Trinajstić information content (AvgIpc) is 3.03. The van der Waals surface area contributed by atoms with E-state index in [4.69, 9.17) is 9.15 Å². The predicted octanol–water partition coefficient (Wildman–Crippen LogP) is 1.20. The van der Waals surface area contributed by atoms with Gasteiger partial charge in [-0.15, -0.1) is 23.5 Å². The number of aliphatic carboxylic acids is 2. The second-order valence-corrected chi connectivity index (χ2v) is 12.0. The normalized spacial score (nSPS) is 20.3. The smallest absolute Gasteiger partial charge is 0.352 e. The van der Waals surface area contributed by atoms with Gasteiger partial charge in [-0.1, -0.05) is 30.3 Å². The van der Waals surface area contributed by atoms with Crippen molar-refractivity contribution in [1.82, 2.24) is 15.5 Å². The number of rotatable bonds is 10. The number of β-lactam (4-membered cyclic amide) rings is 1. The van der Waals surface area contributed by atoms with Crippen LogP contribution in [0.25, 0.3) is 11.0 Å². The van der Waals surface area contributed by atoms with Crippen molar-refractivity contribution in [2.45, 2.75) is 22.4 Å². The minimum atomic E-state index is -2.09. The molecule has 3 heterocycles. The number of hydrogen-bond donors (Lipinski definition) is 6. The summed E-state index contributed by atoms with van der Waals surface area (Å²) in [5, 5.41) is 41.5. The van der Waals surface area contributed by atoms with Crippen molar-refractivity contribution in [3.63, 3.8) is 0 Å². The standard InChI is InChI=1S/C29H25N3O12S2/c1-43-29(27(42)32-20(25(38)39)15(11-46-28(29)32)22(45-2)26(40)41)31-24(37)19(12-6-4-3-5-7-12)30-23(36)14-10-44-18-9-17(34)16(33)8-13(18)21(14)35/h3-10,19,22,28,33-34H,11H2,1-2H3,(H,30,36)(H,31,37)(H,38,39)(H,40,41)/t19?,22?,28-,29-/m0/s1. The number of carboxylic acid groups (broad SMARTS) is 2. The highest BCUT2D eigenvalue weighted by Crippen LogP contribution is 2.48. The third-order valence-electron chi connectivity index (χ3n) is 7.46. The fourth-order valence-corrected chi connectivity index (χ4v) is 7.48. The highest BCUT2D eigenvalue weighted by molar-refractivity contribution is 8.01. The molecule has 2 aliphatic rings. The average molecular weight is 672 g/mol. The van der Waals surface area contributed by atoms with Crippen LogP contribution in [0.3, 0.4) is 0 Å². The quantitative estimate of drug-likeness (QED) is 0.101. The number of benzene rings is 2. The molecule has 1 aromatic heterocycles. The number of carbonyl (C=O) groups excluding carboxylic acids is 3. The molecule has 240 valence electrons. The largest absolute Gasteiger partial charge is 0.504 e. The molecular weight excluding hydrogens is 646 g/mol. The molecule has 17 heteroatoms. The van der Waals surface area contributed by atoms with E-state index in [2.05, 4.69) is 10.6 Å². The molecular formula is C29H25N3O12S2. The first kappa shape index (κ1) is 32.4. The molecule has 2 unspecified atom stereocenters. The molecule has 1 saturated heterocycles. The van der Waals surface area contributed by atoms with Crippen LogP contribution in [0.5, 0.6) is 11.5 Å². The van der Waals surface area contributed by atoms with Gasteiger partial charge in [-0.25, -0.2) is 4.79 Å². The summed E-state index contributed by atoms with van der Waals surface area (Å²) in [6, 6.07) is 8.23. The van der Waals surface area contributed by atoms with Crippen LogP contribution in [0.4, 0.5) is 0 Å². The second-order valence-electron chi connectivity index (χ2n) is 10.0. The molecule has 5 rings (SSSR count). The van der Waals surface area contributed by atoms with Crippen LogP contribution in [0.15, 0.2) is 69.2 Å². The first-order chi connectivity index (χ1) is 21.9. The van der Waals surface area contributed by atoms with Gasteiger partial charge in [-0.2, -0.15) is 0 Å². The Balaban J connectivity index is 1.47. The number of amides is 3. The summed E-state index contributed by atoms with van der Waals surface area (Å²) in [6.45, 7) is 0. The van der Waals surface area contributed by atoms with Crippen LogP contribution in [0, 0.1) is 0 Å². The Morgan fingerprint density at radius 2 is 1.78 bits per heavy atom. The second kappa shape index (κ2) is 12.4. The molecule has 3 amide bonds. The summed E-state index contributed by atoms with van der Waals surface area (Å²) in [4.78, 5) is 78.8. The number of aromatic hydroxyl groups is 2. The first-order valence-electron chi connectivity index (χ1n) is 13.2. The van der Waals surface area contributed by atoms with Gasteiger partial charge in [0.15, 0.2) is 11.5 Å². The van der Waals surface area contributed by atoms with E-state index in [0.717, 1.165) is 53.9 Å². The van der Waals surface area contributed by atoms with E-state index in [1.54, 1.807) is 18.2 Å². The fourth-order valence-electron chi connectivity index (χ4n) is 5.22. The number of carboxylic acids is 2. The van der Waals surface area contributed by atoms with Gasteiger partial charge in [0.1, 0.15) is 39.8 Å². The number of phenolic OH excluding ortho intramolecular Hbond substituents is 2. The number of methoxy groups -OCH3 is 1.